The van der Waals surface area contributed by atoms with Crippen LogP contribution in [-0.2, 0) is 6.61 Å². The summed E-state index contributed by atoms with van der Waals surface area (Å²) in [5.74, 6) is 1.02. The van der Waals surface area contributed by atoms with Gasteiger partial charge in [-0.1, -0.05) is 67.4 Å². The van der Waals surface area contributed by atoms with Gasteiger partial charge in [0, 0.05) is 6.54 Å². The van der Waals surface area contributed by atoms with E-state index in [-0.39, 0.29) is 18.9 Å². The Bertz CT molecular complexity index is 999. The van der Waals surface area contributed by atoms with Crippen LogP contribution in [0.1, 0.15) is 53.3 Å². The molecule has 3 aromatic rings. The molecule has 1 heterocycles. The number of furan rings is 1. The van der Waals surface area contributed by atoms with E-state index in [0.29, 0.717) is 27.5 Å². The van der Waals surface area contributed by atoms with E-state index < -0.39 is 12.0 Å². The molecule has 2 aromatic carbocycles. The molecule has 0 aliphatic carbocycles. The van der Waals surface area contributed by atoms with Crippen LogP contribution in [0.4, 0.5) is 0 Å². The maximum atomic E-state index is 12.3. The van der Waals surface area contributed by atoms with Gasteiger partial charge in [0.2, 0.25) is 0 Å². The van der Waals surface area contributed by atoms with Crippen LogP contribution in [0.25, 0.3) is 0 Å². The minimum atomic E-state index is -0.808. The molecule has 0 radical (unpaired) electrons. The summed E-state index contributed by atoms with van der Waals surface area (Å²) in [6.07, 6.45) is -0.808. The van der Waals surface area contributed by atoms with Crippen molar-refractivity contribution in [1.82, 2.24) is 5.32 Å². The van der Waals surface area contributed by atoms with Gasteiger partial charge in [-0.15, -0.1) is 0 Å². The van der Waals surface area contributed by atoms with E-state index >= 15 is 0 Å². The highest BCUT2D eigenvalue weighted by atomic mass is 35.5. The third-order valence-corrected chi connectivity index (χ3v) is 5.42. The number of hydrogen-bond donors (Lipinski definition) is 2. The van der Waals surface area contributed by atoms with Crippen LogP contribution in [0.2, 0.25) is 10.0 Å². The Morgan fingerprint density at radius 2 is 1.77 bits per heavy atom. The molecule has 158 valence electrons. The molecule has 3 rings (SSSR count). The quantitative estimate of drug-likeness (QED) is 0.460. The maximum absolute atomic E-state index is 12.3. The zero-order valence-corrected chi connectivity index (χ0v) is 18.2. The van der Waals surface area contributed by atoms with Crippen LogP contribution in [0.3, 0.4) is 0 Å². The number of carbonyl (C=O) groups excluding carboxylic acids is 1. The molecule has 0 spiro atoms. The fourth-order valence-electron chi connectivity index (χ4n) is 2.82. The standard InChI is InChI=1S/C23H23Cl2NO4/c1-14(2)15-6-8-16(9-7-15)19(27)12-26-23(28)21-11-10-17(30-21)13-29-20-5-3-4-18(24)22(20)25/h3-11,14,19,27H,12-13H2,1-2H3,(H,26,28). The summed E-state index contributed by atoms with van der Waals surface area (Å²) in [7, 11) is 0. The molecule has 0 fully saturated rings. The number of benzene rings is 2. The molecule has 30 heavy (non-hydrogen) atoms. The summed E-state index contributed by atoms with van der Waals surface area (Å²) in [4.78, 5) is 12.3. The summed E-state index contributed by atoms with van der Waals surface area (Å²) >= 11 is 12.0. The lowest BCUT2D eigenvalue weighted by Gasteiger charge is -2.13. The topological polar surface area (TPSA) is 71.7 Å². The molecule has 0 aliphatic rings. The van der Waals surface area contributed by atoms with E-state index in [1.165, 1.54) is 5.56 Å². The molecule has 7 heteroatoms. The molecular formula is C23H23Cl2NO4. The van der Waals surface area contributed by atoms with Crippen molar-refractivity contribution in [2.75, 3.05) is 6.54 Å². The Labute approximate surface area is 185 Å². The number of aliphatic hydroxyl groups excluding tert-OH is 1. The van der Waals surface area contributed by atoms with E-state index in [1.54, 1.807) is 30.3 Å². The van der Waals surface area contributed by atoms with Crippen molar-refractivity contribution < 1.29 is 19.1 Å². The number of halogens is 2. The SMILES string of the molecule is CC(C)c1ccc(C(O)CNC(=O)c2ccc(COc3cccc(Cl)c3Cl)o2)cc1. The van der Waals surface area contributed by atoms with Crippen LogP contribution in [-0.4, -0.2) is 17.6 Å². The molecule has 0 saturated carbocycles. The number of amides is 1. The number of rotatable bonds is 8. The predicted octanol–water partition coefficient (Wildman–Crippen LogP) is 5.75. The number of hydrogen-bond acceptors (Lipinski definition) is 4. The summed E-state index contributed by atoms with van der Waals surface area (Å²) in [6.45, 7) is 4.39. The summed E-state index contributed by atoms with van der Waals surface area (Å²) in [6, 6.07) is 16.0. The number of carbonyl (C=O) groups is 1. The van der Waals surface area contributed by atoms with Crippen LogP contribution in [0.15, 0.2) is 59.0 Å². The molecule has 1 atom stereocenters. The monoisotopic (exact) mass is 447 g/mol. The summed E-state index contributed by atoms with van der Waals surface area (Å²) in [5, 5.41) is 13.7. The molecule has 5 nitrogen and oxygen atoms in total. The number of ether oxygens (including phenoxy) is 1. The van der Waals surface area contributed by atoms with Gasteiger partial charge < -0.3 is 19.6 Å². The zero-order chi connectivity index (χ0) is 21.7. The second-order valence-electron chi connectivity index (χ2n) is 7.15. The van der Waals surface area contributed by atoms with E-state index in [0.717, 1.165) is 5.56 Å². The van der Waals surface area contributed by atoms with E-state index in [1.807, 2.05) is 24.3 Å². The van der Waals surface area contributed by atoms with Crippen molar-refractivity contribution in [2.45, 2.75) is 32.5 Å². The average Bonchev–Trinajstić information content (AvgIpc) is 3.22. The summed E-state index contributed by atoms with van der Waals surface area (Å²) in [5.41, 5.74) is 1.94. The van der Waals surface area contributed by atoms with Crippen molar-refractivity contribution in [3.63, 3.8) is 0 Å². The third kappa shape index (κ3) is 5.57. The molecule has 1 unspecified atom stereocenters. The first-order valence-corrected chi connectivity index (χ1v) is 10.3. The van der Waals surface area contributed by atoms with Crippen molar-refractivity contribution >= 4 is 29.1 Å². The minimum Gasteiger partial charge on any atom is -0.484 e. The molecule has 2 N–H and O–H groups in total. The lowest BCUT2D eigenvalue weighted by Crippen LogP contribution is -2.28. The molecule has 1 amide bonds. The molecule has 1 aromatic heterocycles. The van der Waals surface area contributed by atoms with Crippen LogP contribution >= 0.6 is 23.2 Å². The van der Waals surface area contributed by atoms with Gasteiger partial charge in [-0.05, 0) is 41.3 Å². The maximum Gasteiger partial charge on any atom is 0.287 e. The second-order valence-corrected chi connectivity index (χ2v) is 7.94. The number of nitrogens with one attached hydrogen (secondary N) is 1. The van der Waals surface area contributed by atoms with E-state index in [9.17, 15) is 9.90 Å². The van der Waals surface area contributed by atoms with Gasteiger partial charge in [-0.25, -0.2) is 0 Å². The Balaban J connectivity index is 1.52. The largest absolute Gasteiger partial charge is 0.484 e. The minimum absolute atomic E-state index is 0.0739. The van der Waals surface area contributed by atoms with Crippen molar-refractivity contribution in [3.8, 4) is 5.75 Å². The summed E-state index contributed by atoms with van der Waals surface area (Å²) < 4.78 is 11.1. The third-order valence-electron chi connectivity index (χ3n) is 4.62. The Morgan fingerprint density at radius 1 is 1.07 bits per heavy atom. The van der Waals surface area contributed by atoms with Crippen molar-refractivity contribution in [1.29, 1.82) is 0 Å². The van der Waals surface area contributed by atoms with E-state index in [2.05, 4.69) is 19.2 Å². The van der Waals surface area contributed by atoms with Gasteiger partial charge in [0.25, 0.3) is 5.91 Å². The van der Waals surface area contributed by atoms with E-state index in [4.69, 9.17) is 32.4 Å². The van der Waals surface area contributed by atoms with Crippen LogP contribution < -0.4 is 10.1 Å². The van der Waals surface area contributed by atoms with Gasteiger partial charge in [-0.2, -0.15) is 0 Å². The van der Waals surface area contributed by atoms with Gasteiger partial charge in [-0.3, -0.25) is 4.79 Å². The first-order chi connectivity index (χ1) is 14.3. The molecule has 0 bridgehead atoms. The smallest absolute Gasteiger partial charge is 0.287 e. The highest BCUT2D eigenvalue weighted by Crippen LogP contribution is 2.32. The Kier molecular flexibility index (Phi) is 7.43. The van der Waals surface area contributed by atoms with Crippen molar-refractivity contribution in [3.05, 3.63) is 87.3 Å². The van der Waals surface area contributed by atoms with Crippen molar-refractivity contribution in [2.24, 2.45) is 0 Å². The highest BCUT2D eigenvalue weighted by molar-refractivity contribution is 6.42. The Morgan fingerprint density at radius 3 is 2.47 bits per heavy atom. The highest BCUT2D eigenvalue weighted by Gasteiger charge is 2.15. The van der Waals surface area contributed by atoms with Crippen LogP contribution in [0, 0.1) is 0 Å². The average molecular weight is 448 g/mol. The first kappa shape index (κ1) is 22.2. The fraction of sp³-hybridized carbons (Fsp3) is 0.261. The molecule has 0 aliphatic heterocycles. The fourth-order valence-corrected chi connectivity index (χ4v) is 3.17. The van der Waals surface area contributed by atoms with Crippen LogP contribution in [0.5, 0.6) is 5.75 Å². The van der Waals surface area contributed by atoms with Gasteiger partial charge >= 0.3 is 0 Å². The predicted molar refractivity (Wildman–Crippen MR) is 117 cm³/mol. The van der Waals surface area contributed by atoms with Gasteiger partial charge in [0.05, 0.1) is 11.1 Å². The zero-order valence-electron chi connectivity index (χ0n) is 16.7. The Hall–Kier alpha value is -2.47. The lowest BCUT2D eigenvalue weighted by atomic mass is 10.00. The van der Waals surface area contributed by atoms with Gasteiger partial charge in [0.1, 0.15) is 23.1 Å². The molecule has 0 saturated heterocycles. The second kappa shape index (κ2) is 10.0. The normalized spacial score (nSPS) is 12.1. The lowest BCUT2D eigenvalue weighted by molar-refractivity contribution is 0.0885. The van der Waals surface area contributed by atoms with Gasteiger partial charge in [0.15, 0.2) is 5.76 Å². The molecular weight excluding hydrogens is 425 g/mol. The first-order valence-electron chi connectivity index (χ1n) is 9.56. The number of aliphatic hydroxyl groups is 1.